The number of furan rings is 1. The molecule has 0 bridgehead atoms. The highest BCUT2D eigenvalue weighted by Gasteiger charge is 2.36. The zero-order valence-electron chi connectivity index (χ0n) is 17.7. The maximum atomic E-state index is 13.0. The van der Waals surface area contributed by atoms with Crippen molar-refractivity contribution in [3.8, 4) is 0 Å². The Morgan fingerprint density at radius 1 is 1.33 bits per heavy atom. The molecule has 0 saturated heterocycles. The van der Waals surface area contributed by atoms with Crippen molar-refractivity contribution >= 4 is 23.1 Å². The number of fused-ring (bicyclic) bond motifs is 1. The molecule has 30 heavy (non-hydrogen) atoms. The smallest absolute Gasteiger partial charge is 0.262 e. The Kier molecular flexibility index (Phi) is 5.99. The minimum atomic E-state index is -0.0918. The Morgan fingerprint density at radius 3 is 2.90 bits per heavy atom. The van der Waals surface area contributed by atoms with E-state index in [0.717, 1.165) is 5.76 Å². The number of benzene rings is 1. The van der Waals surface area contributed by atoms with Crippen LogP contribution in [0.5, 0.6) is 0 Å². The molecule has 7 heteroatoms. The third-order valence-electron chi connectivity index (χ3n) is 5.32. The summed E-state index contributed by atoms with van der Waals surface area (Å²) >= 11 is 0. The van der Waals surface area contributed by atoms with E-state index in [-0.39, 0.29) is 11.7 Å². The second kappa shape index (κ2) is 8.83. The number of ether oxygens (including phenoxy) is 1. The molecule has 0 spiro atoms. The van der Waals surface area contributed by atoms with Crippen molar-refractivity contribution < 1.29 is 9.15 Å². The SMILES string of the molecule is CC(C)OCCCn1c(N/N=C\c2ccc([C@@H]3C[C@H]3C)o2)nc2ccccc2c1=O. The molecule has 1 saturated carbocycles. The molecule has 158 valence electrons. The van der Waals surface area contributed by atoms with Gasteiger partial charge in [-0.15, -0.1) is 0 Å². The third-order valence-corrected chi connectivity index (χ3v) is 5.32. The number of rotatable bonds is 9. The summed E-state index contributed by atoms with van der Waals surface area (Å²) in [5.74, 6) is 3.31. The van der Waals surface area contributed by atoms with Gasteiger partial charge in [0.05, 0.1) is 23.2 Å². The van der Waals surface area contributed by atoms with E-state index in [2.05, 4.69) is 22.4 Å². The minimum Gasteiger partial charge on any atom is -0.460 e. The summed E-state index contributed by atoms with van der Waals surface area (Å²) in [6.45, 7) is 7.28. The molecular weight excluding hydrogens is 380 g/mol. The summed E-state index contributed by atoms with van der Waals surface area (Å²) in [6.07, 6.45) is 3.66. The first kappa shape index (κ1) is 20.3. The monoisotopic (exact) mass is 408 g/mol. The summed E-state index contributed by atoms with van der Waals surface area (Å²) in [5.41, 5.74) is 3.47. The van der Waals surface area contributed by atoms with Crippen molar-refractivity contribution in [3.05, 3.63) is 58.3 Å². The molecule has 0 amide bonds. The van der Waals surface area contributed by atoms with Crippen molar-refractivity contribution in [2.45, 2.75) is 52.2 Å². The Balaban J connectivity index is 1.52. The van der Waals surface area contributed by atoms with Crippen LogP contribution < -0.4 is 11.0 Å². The Hall–Kier alpha value is -2.93. The quantitative estimate of drug-likeness (QED) is 0.323. The molecule has 3 aromatic rings. The molecule has 1 aliphatic carbocycles. The highest BCUT2D eigenvalue weighted by molar-refractivity contribution is 5.79. The fourth-order valence-corrected chi connectivity index (χ4v) is 3.51. The molecule has 2 heterocycles. The van der Waals surface area contributed by atoms with E-state index in [1.807, 2.05) is 44.2 Å². The molecule has 2 atom stereocenters. The van der Waals surface area contributed by atoms with E-state index < -0.39 is 0 Å². The predicted molar refractivity (Wildman–Crippen MR) is 118 cm³/mol. The predicted octanol–water partition coefficient (Wildman–Crippen LogP) is 4.37. The molecule has 1 N–H and O–H groups in total. The summed E-state index contributed by atoms with van der Waals surface area (Å²) in [4.78, 5) is 17.6. The zero-order chi connectivity index (χ0) is 21.1. The van der Waals surface area contributed by atoms with Crippen LogP contribution in [0, 0.1) is 5.92 Å². The van der Waals surface area contributed by atoms with Crippen LogP contribution in [0.3, 0.4) is 0 Å². The van der Waals surface area contributed by atoms with E-state index >= 15 is 0 Å². The van der Waals surface area contributed by atoms with Crippen LogP contribution in [0.1, 0.15) is 51.1 Å². The molecular formula is C23H28N4O3. The van der Waals surface area contributed by atoms with Gasteiger partial charge in [-0.2, -0.15) is 5.10 Å². The van der Waals surface area contributed by atoms with E-state index in [0.29, 0.717) is 54.0 Å². The van der Waals surface area contributed by atoms with Crippen LogP contribution in [-0.4, -0.2) is 28.5 Å². The number of hydrogen-bond donors (Lipinski definition) is 1. The number of hydrogen-bond acceptors (Lipinski definition) is 6. The lowest BCUT2D eigenvalue weighted by atomic mass is 10.2. The van der Waals surface area contributed by atoms with Crippen LogP contribution in [0.4, 0.5) is 5.95 Å². The molecule has 0 aliphatic heterocycles. The highest BCUT2D eigenvalue weighted by atomic mass is 16.5. The fraction of sp³-hybridized carbons (Fsp3) is 0.435. The van der Waals surface area contributed by atoms with Gasteiger partial charge in [-0.3, -0.25) is 9.36 Å². The van der Waals surface area contributed by atoms with Gasteiger partial charge in [0.15, 0.2) is 0 Å². The third kappa shape index (κ3) is 4.62. The first-order chi connectivity index (χ1) is 14.5. The summed E-state index contributed by atoms with van der Waals surface area (Å²) < 4.78 is 13.1. The number of hydrazone groups is 1. The molecule has 1 aromatic carbocycles. The number of nitrogens with zero attached hydrogens (tertiary/aromatic N) is 3. The van der Waals surface area contributed by atoms with E-state index in [4.69, 9.17) is 9.15 Å². The second-order valence-corrected chi connectivity index (χ2v) is 8.11. The molecule has 0 unspecified atom stereocenters. The maximum absolute atomic E-state index is 13.0. The van der Waals surface area contributed by atoms with Gasteiger partial charge in [0.25, 0.3) is 5.56 Å². The lowest BCUT2D eigenvalue weighted by Crippen LogP contribution is -2.25. The van der Waals surface area contributed by atoms with Crippen molar-refractivity contribution in [2.75, 3.05) is 12.0 Å². The Morgan fingerprint density at radius 2 is 2.13 bits per heavy atom. The van der Waals surface area contributed by atoms with E-state index in [1.54, 1.807) is 16.8 Å². The van der Waals surface area contributed by atoms with Crippen LogP contribution in [0.25, 0.3) is 10.9 Å². The Bertz CT molecular complexity index is 1100. The van der Waals surface area contributed by atoms with Gasteiger partial charge in [-0.05, 0) is 56.9 Å². The number of aromatic nitrogens is 2. The van der Waals surface area contributed by atoms with Crippen molar-refractivity contribution in [2.24, 2.45) is 11.0 Å². The van der Waals surface area contributed by atoms with E-state index in [9.17, 15) is 4.79 Å². The van der Waals surface area contributed by atoms with Gasteiger partial charge in [-0.25, -0.2) is 10.4 Å². The molecule has 4 rings (SSSR count). The lowest BCUT2D eigenvalue weighted by molar-refractivity contribution is 0.0748. The average Bonchev–Trinajstić information content (AvgIpc) is 3.27. The summed E-state index contributed by atoms with van der Waals surface area (Å²) in [7, 11) is 0. The first-order valence-corrected chi connectivity index (χ1v) is 10.5. The van der Waals surface area contributed by atoms with Crippen LogP contribution >= 0.6 is 0 Å². The molecule has 7 nitrogen and oxygen atoms in total. The number of anilines is 1. The number of nitrogens with one attached hydrogen (secondary N) is 1. The zero-order valence-corrected chi connectivity index (χ0v) is 17.7. The van der Waals surface area contributed by atoms with Crippen LogP contribution in [0.2, 0.25) is 0 Å². The van der Waals surface area contributed by atoms with Crippen LogP contribution in [-0.2, 0) is 11.3 Å². The Labute approximate surface area is 175 Å². The molecule has 1 fully saturated rings. The van der Waals surface area contributed by atoms with Crippen molar-refractivity contribution in [3.63, 3.8) is 0 Å². The topological polar surface area (TPSA) is 81.7 Å². The largest absolute Gasteiger partial charge is 0.460 e. The highest BCUT2D eigenvalue weighted by Crippen LogP contribution is 2.47. The average molecular weight is 409 g/mol. The second-order valence-electron chi connectivity index (χ2n) is 8.11. The summed E-state index contributed by atoms with van der Waals surface area (Å²) in [5, 5.41) is 4.86. The van der Waals surface area contributed by atoms with Gasteiger partial charge in [0, 0.05) is 19.1 Å². The van der Waals surface area contributed by atoms with Gasteiger partial charge in [-0.1, -0.05) is 19.1 Å². The van der Waals surface area contributed by atoms with Crippen molar-refractivity contribution in [1.82, 2.24) is 9.55 Å². The van der Waals surface area contributed by atoms with Gasteiger partial charge in [0.1, 0.15) is 11.5 Å². The van der Waals surface area contributed by atoms with Gasteiger partial charge in [0.2, 0.25) is 5.95 Å². The molecule has 0 radical (unpaired) electrons. The van der Waals surface area contributed by atoms with Crippen LogP contribution in [0.15, 0.2) is 50.7 Å². The number of para-hydroxylation sites is 1. The van der Waals surface area contributed by atoms with E-state index in [1.165, 1.54) is 6.42 Å². The fourth-order valence-electron chi connectivity index (χ4n) is 3.51. The normalized spacial score (nSPS) is 18.5. The first-order valence-electron chi connectivity index (χ1n) is 10.5. The van der Waals surface area contributed by atoms with Gasteiger partial charge >= 0.3 is 0 Å². The summed E-state index contributed by atoms with van der Waals surface area (Å²) in [6, 6.07) is 11.3. The standard InChI is InChI=1S/C23H28N4O3/c1-15(2)29-12-6-11-27-22(28)18-7-4-5-8-20(18)25-23(27)26-24-14-17-9-10-21(30-17)19-13-16(19)3/h4-5,7-10,14-16,19H,6,11-13H2,1-3H3,(H,25,26)/b24-14-/t16-,19-/m1/s1. The molecule has 2 aromatic heterocycles. The molecule has 1 aliphatic rings. The lowest BCUT2D eigenvalue weighted by Gasteiger charge is -2.13. The van der Waals surface area contributed by atoms with Crippen molar-refractivity contribution in [1.29, 1.82) is 0 Å². The van der Waals surface area contributed by atoms with Gasteiger partial charge < -0.3 is 9.15 Å². The maximum Gasteiger partial charge on any atom is 0.262 e. The minimum absolute atomic E-state index is 0.0918.